The number of benzene rings is 5. The highest BCUT2D eigenvalue weighted by Gasteiger charge is 2.35. The number of fused-ring (bicyclic) bond motifs is 2. The molecular weight excluding hydrogens is 761 g/mol. The van der Waals surface area contributed by atoms with E-state index in [1.165, 1.54) is 5.56 Å². The number of hydrogen-bond donors (Lipinski definition) is 0. The van der Waals surface area contributed by atoms with Crippen LogP contribution in [-0.4, -0.2) is 89.6 Å². The number of carbonyl (C=O) groups excluding carboxylic acids is 3. The van der Waals surface area contributed by atoms with Crippen LogP contribution in [0.4, 0.5) is 21.9 Å². The summed E-state index contributed by atoms with van der Waals surface area (Å²) in [7, 11) is 3.78. The van der Waals surface area contributed by atoms with Gasteiger partial charge in [-0.25, -0.2) is 4.79 Å². The maximum absolute atomic E-state index is 15.6. The molecule has 6 aromatic rings. The molecule has 1 fully saturated rings. The Morgan fingerprint density at radius 2 is 1.28 bits per heavy atom. The maximum atomic E-state index is 15.6. The van der Waals surface area contributed by atoms with Gasteiger partial charge in [0.25, 0.3) is 11.8 Å². The van der Waals surface area contributed by atoms with Crippen molar-refractivity contribution in [3.8, 4) is 11.3 Å². The fraction of sp³-hybridized carbons (Fsp3) is 0.275. The van der Waals surface area contributed by atoms with E-state index in [2.05, 4.69) is 34.1 Å². The zero-order valence-corrected chi connectivity index (χ0v) is 35.2. The Morgan fingerprint density at radius 3 is 1.93 bits per heavy atom. The van der Waals surface area contributed by atoms with Gasteiger partial charge in [-0.1, -0.05) is 78.9 Å². The Bertz CT molecular complexity index is 2510. The topological polar surface area (TPSA) is 81.6 Å². The molecular formula is C51H52N6O4. The number of hydrogen-bond acceptors (Lipinski definition) is 5. The third-order valence-electron chi connectivity index (χ3n) is 12.7. The lowest BCUT2D eigenvalue weighted by molar-refractivity contribution is 0.0193. The van der Waals surface area contributed by atoms with Crippen LogP contribution < -0.4 is 9.80 Å². The first kappa shape index (κ1) is 39.9. The van der Waals surface area contributed by atoms with Gasteiger partial charge >= 0.3 is 6.03 Å². The molecule has 1 saturated heterocycles. The monoisotopic (exact) mass is 812 g/mol. The molecule has 4 amide bonds. The van der Waals surface area contributed by atoms with Gasteiger partial charge in [0.05, 0.1) is 18.8 Å². The van der Waals surface area contributed by atoms with Gasteiger partial charge in [0.15, 0.2) is 0 Å². The van der Waals surface area contributed by atoms with Crippen LogP contribution in [0.15, 0.2) is 133 Å². The van der Waals surface area contributed by atoms with Crippen molar-refractivity contribution in [2.75, 3.05) is 56.2 Å². The van der Waals surface area contributed by atoms with Gasteiger partial charge in [0.2, 0.25) is 0 Å². The van der Waals surface area contributed by atoms with Crippen molar-refractivity contribution < 1.29 is 19.1 Å². The number of ether oxygens (including phenoxy) is 1. The SMILES string of the molecule is Cc1c(C(=O)N(c2ccccc2)c2ccccc2)cc(-c2cc3c(cc2C(=O)N2Cc4ccccc4C[C@H]2CN2CCOCC2)CN(C(=O)N(C)c2ccccc2)CC3)n1C. The van der Waals surface area contributed by atoms with E-state index in [0.717, 1.165) is 76.8 Å². The second kappa shape index (κ2) is 17.2. The summed E-state index contributed by atoms with van der Waals surface area (Å²) < 4.78 is 7.74. The third kappa shape index (κ3) is 7.97. The second-order valence-electron chi connectivity index (χ2n) is 16.4. The summed E-state index contributed by atoms with van der Waals surface area (Å²) in [5, 5.41) is 0. The number of aromatic nitrogens is 1. The van der Waals surface area contributed by atoms with Gasteiger partial charge in [-0.05, 0) is 96.6 Å². The summed E-state index contributed by atoms with van der Waals surface area (Å²) in [5.41, 5.74) is 10.3. The van der Waals surface area contributed by atoms with Gasteiger partial charge in [-0.2, -0.15) is 0 Å². The summed E-state index contributed by atoms with van der Waals surface area (Å²) in [5.74, 6) is -0.213. The quantitative estimate of drug-likeness (QED) is 0.154. The minimum Gasteiger partial charge on any atom is -0.379 e. The molecule has 0 bridgehead atoms. The standard InChI is InChI=1S/C51H52N6O4/c1-36-45(50(59)57(42-19-9-5-10-20-42)43-21-11-6-12-22-43)32-48(52(36)2)46-30-38-23-24-55(51(60)53(3)41-17-7-4-8-18-41)33-40(38)31-47(46)49(58)56-34-39-16-14-13-15-37(39)29-44(56)35-54-25-27-61-28-26-54/h4-22,30-32,44H,23-29,33-35H2,1-3H3/t44-/m0/s1. The fourth-order valence-corrected chi connectivity index (χ4v) is 9.19. The average molecular weight is 813 g/mol. The molecule has 0 radical (unpaired) electrons. The molecule has 0 aliphatic carbocycles. The number of carbonyl (C=O) groups is 3. The van der Waals surface area contributed by atoms with E-state index < -0.39 is 0 Å². The number of anilines is 3. The predicted molar refractivity (Wildman–Crippen MR) is 240 cm³/mol. The van der Waals surface area contributed by atoms with E-state index in [4.69, 9.17) is 4.74 Å². The summed E-state index contributed by atoms with van der Waals surface area (Å²) in [6.07, 6.45) is 1.39. The Kier molecular flexibility index (Phi) is 11.3. The van der Waals surface area contributed by atoms with Crippen LogP contribution in [0.25, 0.3) is 11.3 Å². The first-order valence-electron chi connectivity index (χ1n) is 21.3. The molecule has 3 aliphatic heterocycles. The molecule has 10 heteroatoms. The summed E-state index contributed by atoms with van der Waals surface area (Å²) in [6.45, 7) is 7.14. The van der Waals surface area contributed by atoms with Crippen molar-refractivity contribution in [3.63, 3.8) is 0 Å². The molecule has 0 spiro atoms. The number of morpholine rings is 1. The number of rotatable bonds is 8. The zero-order chi connectivity index (χ0) is 42.0. The minimum absolute atomic E-state index is 0.0560. The summed E-state index contributed by atoms with van der Waals surface area (Å²) in [4.78, 5) is 54.2. The molecule has 310 valence electrons. The van der Waals surface area contributed by atoms with E-state index >= 15 is 4.79 Å². The van der Waals surface area contributed by atoms with Crippen LogP contribution in [0.5, 0.6) is 0 Å². The Hall–Kier alpha value is -6.49. The molecule has 3 aliphatic rings. The van der Waals surface area contributed by atoms with Gasteiger partial charge < -0.3 is 19.1 Å². The fourth-order valence-electron chi connectivity index (χ4n) is 9.19. The van der Waals surface area contributed by atoms with Crippen molar-refractivity contribution in [1.82, 2.24) is 19.3 Å². The van der Waals surface area contributed by atoms with Crippen LogP contribution in [0.3, 0.4) is 0 Å². The Labute approximate surface area is 358 Å². The van der Waals surface area contributed by atoms with Gasteiger partial charge in [0.1, 0.15) is 0 Å². The van der Waals surface area contributed by atoms with Crippen molar-refractivity contribution in [1.29, 1.82) is 0 Å². The molecule has 61 heavy (non-hydrogen) atoms. The average Bonchev–Trinajstić information content (AvgIpc) is 3.61. The third-order valence-corrected chi connectivity index (χ3v) is 12.7. The van der Waals surface area contributed by atoms with E-state index in [9.17, 15) is 9.59 Å². The van der Waals surface area contributed by atoms with E-state index in [1.54, 1.807) is 16.8 Å². The van der Waals surface area contributed by atoms with Crippen molar-refractivity contribution in [2.24, 2.45) is 7.05 Å². The van der Waals surface area contributed by atoms with Crippen LogP contribution in [0.2, 0.25) is 0 Å². The molecule has 1 atom stereocenters. The number of para-hydroxylation sites is 3. The number of urea groups is 1. The zero-order valence-electron chi connectivity index (χ0n) is 35.2. The number of nitrogens with zero attached hydrogens (tertiary/aromatic N) is 6. The highest BCUT2D eigenvalue weighted by Crippen LogP contribution is 2.37. The Balaban J connectivity index is 1.14. The number of amides is 4. The maximum Gasteiger partial charge on any atom is 0.324 e. The van der Waals surface area contributed by atoms with E-state index in [1.807, 2.05) is 133 Å². The lowest BCUT2D eigenvalue weighted by atomic mass is 9.89. The smallest absolute Gasteiger partial charge is 0.324 e. The molecule has 10 nitrogen and oxygen atoms in total. The van der Waals surface area contributed by atoms with Gasteiger partial charge in [-0.3, -0.25) is 24.3 Å². The molecule has 9 rings (SSSR count). The first-order chi connectivity index (χ1) is 29.7. The summed E-state index contributed by atoms with van der Waals surface area (Å²) >= 11 is 0. The van der Waals surface area contributed by atoms with Crippen molar-refractivity contribution in [3.05, 3.63) is 173 Å². The molecule has 4 heterocycles. The normalized spacial score (nSPS) is 16.4. The first-order valence-corrected chi connectivity index (χ1v) is 21.3. The van der Waals surface area contributed by atoms with Crippen molar-refractivity contribution in [2.45, 2.75) is 38.9 Å². The van der Waals surface area contributed by atoms with Crippen LogP contribution >= 0.6 is 0 Å². The van der Waals surface area contributed by atoms with Crippen LogP contribution in [-0.2, 0) is 37.7 Å². The summed E-state index contributed by atoms with van der Waals surface area (Å²) in [6, 6.07) is 43.5. The molecule has 1 aromatic heterocycles. The molecule has 0 unspecified atom stereocenters. The predicted octanol–water partition coefficient (Wildman–Crippen LogP) is 8.49. The van der Waals surface area contributed by atoms with Gasteiger partial charge in [-0.15, -0.1) is 0 Å². The second-order valence-corrected chi connectivity index (χ2v) is 16.4. The highest BCUT2D eigenvalue weighted by molar-refractivity contribution is 6.12. The largest absolute Gasteiger partial charge is 0.379 e. The minimum atomic E-state index is -0.155. The van der Waals surface area contributed by atoms with Gasteiger partial charge in [0, 0.05) is 99.0 Å². The van der Waals surface area contributed by atoms with Crippen LogP contribution in [0, 0.1) is 6.92 Å². The van der Waals surface area contributed by atoms with E-state index in [0.29, 0.717) is 50.4 Å². The molecule has 0 N–H and O–H groups in total. The lowest BCUT2D eigenvalue weighted by Gasteiger charge is -2.41. The highest BCUT2D eigenvalue weighted by atomic mass is 16.5. The molecule has 5 aromatic carbocycles. The van der Waals surface area contributed by atoms with Crippen molar-refractivity contribution >= 4 is 34.9 Å². The van der Waals surface area contributed by atoms with E-state index in [-0.39, 0.29) is 23.9 Å². The molecule has 0 saturated carbocycles. The van der Waals surface area contributed by atoms with Crippen LogP contribution in [0.1, 0.15) is 48.7 Å². The lowest BCUT2D eigenvalue weighted by Crippen LogP contribution is -2.52. The Morgan fingerprint density at radius 1 is 0.672 bits per heavy atom.